The fourth-order valence-corrected chi connectivity index (χ4v) is 2.43. The number of oxazole rings is 1. The van der Waals surface area contributed by atoms with Crippen LogP contribution in [0.15, 0.2) is 4.42 Å². The largest absolute Gasteiger partial charge is 0.566 e. The van der Waals surface area contributed by atoms with Gasteiger partial charge in [0.15, 0.2) is 5.89 Å². The third kappa shape index (κ3) is 2.73. The van der Waals surface area contributed by atoms with Crippen LogP contribution in [0.25, 0.3) is 11.3 Å². The Labute approximate surface area is 130 Å². The van der Waals surface area contributed by atoms with Crippen LogP contribution in [0.4, 0.5) is 0 Å². The summed E-state index contributed by atoms with van der Waals surface area (Å²) in [5.74, 6) is 1.81. The summed E-state index contributed by atoms with van der Waals surface area (Å²) in [6.45, 7) is 8.86. The molecule has 0 saturated carbocycles. The minimum absolute atomic E-state index is 0.189. The van der Waals surface area contributed by atoms with E-state index < -0.39 is 0 Å². The molecule has 2 radical (unpaired) electrons. The Bertz CT molecular complexity index is 779. The highest BCUT2D eigenvalue weighted by Gasteiger charge is 2.22. The van der Waals surface area contributed by atoms with Crippen LogP contribution in [-0.2, 0) is 4.65 Å². The molecule has 22 heavy (non-hydrogen) atoms. The molecule has 0 fully saturated rings. The van der Waals surface area contributed by atoms with Crippen LogP contribution in [0.2, 0.25) is 0 Å². The third-order valence-electron chi connectivity index (χ3n) is 3.21. The molecule has 110 valence electrons. The molecule has 2 aromatic rings. The van der Waals surface area contributed by atoms with Crippen LogP contribution in [0.1, 0.15) is 40.1 Å². The number of nitrogens with zero attached hydrogens (tertiary/aromatic N) is 4. The lowest BCUT2D eigenvalue weighted by atomic mass is 10.0. The van der Waals surface area contributed by atoms with Gasteiger partial charge in [0.05, 0.1) is 17.0 Å². The molecule has 0 atom stereocenters. The first-order valence-electron chi connectivity index (χ1n) is 6.66. The van der Waals surface area contributed by atoms with Crippen molar-refractivity contribution in [3.05, 3.63) is 40.1 Å². The van der Waals surface area contributed by atoms with Gasteiger partial charge in [-0.25, -0.2) is 15.0 Å². The van der Waals surface area contributed by atoms with E-state index in [1.54, 1.807) is 20.8 Å². The summed E-state index contributed by atoms with van der Waals surface area (Å²) in [5.41, 5.74) is 2.53. The number of hydrogen-bond acceptors (Lipinski definition) is 6. The van der Waals surface area contributed by atoms with Gasteiger partial charge in [-0.1, -0.05) is 0 Å². The van der Waals surface area contributed by atoms with Gasteiger partial charge in [0, 0.05) is 6.92 Å². The van der Waals surface area contributed by atoms with Gasteiger partial charge in [0.2, 0.25) is 0 Å². The average Bonchev–Trinajstić information content (AvgIpc) is 2.75. The van der Waals surface area contributed by atoms with Crippen LogP contribution in [0.3, 0.4) is 0 Å². The van der Waals surface area contributed by atoms with Gasteiger partial charge in [-0.05, 0) is 27.7 Å². The molecule has 0 spiro atoms. The molecular weight excluding hydrogens is 279 g/mol. The van der Waals surface area contributed by atoms with Crippen LogP contribution in [0.5, 0.6) is 0 Å². The highest BCUT2D eigenvalue weighted by Crippen LogP contribution is 2.30. The Morgan fingerprint density at radius 2 is 1.68 bits per heavy atom. The van der Waals surface area contributed by atoms with E-state index in [1.165, 1.54) is 0 Å². The van der Waals surface area contributed by atoms with Gasteiger partial charge < -0.3 is 9.07 Å². The summed E-state index contributed by atoms with van der Waals surface area (Å²) < 4.78 is 10.4. The Morgan fingerprint density at radius 1 is 1.09 bits per heavy atom. The van der Waals surface area contributed by atoms with E-state index in [-0.39, 0.29) is 11.3 Å². The molecule has 0 amide bonds. The van der Waals surface area contributed by atoms with E-state index in [0.717, 1.165) is 0 Å². The first-order chi connectivity index (χ1) is 10.4. The van der Waals surface area contributed by atoms with Gasteiger partial charge in [-0.3, -0.25) is 0 Å². The fourth-order valence-electron chi connectivity index (χ4n) is 2.43. The van der Waals surface area contributed by atoms with E-state index in [2.05, 4.69) is 21.0 Å². The van der Waals surface area contributed by atoms with Crippen molar-refractivity contribution < 1.29 is 9.07 Å². The average molecular weight is 294 g/mol. The van der Waals surface area contributed by atoms with Crippen LogP contribution >= 0.6 is 0 Å². The molecular formula is C15H15BN4O2. The molecule has 0 aromatic carbocycles. The predicted molar refractivity (Wildman–Crippen MR) is 81.5 cm³/mol. The fraction of sp³-hybridized carbons (Fsp3) is 0.333. The summed E-state index contributed by atoms with van der Waals surface area (Å²) in [5, 5.41) is 9.55. The molecule has 0 bridgehead atoms. The number of aromatic nitrogens is 3. The lowest BCUT2D eigenvalue weighted by Gasteiger charge is -2.14. The van der Waals surface area contributed by atoms with Gasteiger partial charge in [0.1, 0.15) is 34.7 Å². The first kappa shape index (κ1) is 15.8. The summed E-state index contributed by atoms with van der Waals surface area (Å²) in [6.07, 6.45) is 0. The number of aryl methyl sites for hydroxylation is 5. The van der Waals surface area contributed by atoms with Crippen molar-refractivity contribution in [2.24, 2.45) is 0 Å². The van der Waals surface area contributed by atoms with E-state index in [9.17, 15) is 5.26 Å². The van der Waals surface area contributed by atoms with Crippen molar-refractivity contribution in [2.75, 3.05) is 0 Å². The van der Waals surface area contributed by atoms with Crippen molar-refractivity contribution in [3.8, 4) is 6.07 Å². The monoisotopic (exact) mass is 294 g/mol. The third-order valence-corrected chi connectivity index (χ3v) is 3.21. The number of allylic oxidation sites excluding steroid dienone is 1. The molecule has 7 heteroatoms. The van der Waals surface area contributed by atoms with E-state index in [0.29, 0.717) is 40.1 Å². The molecule has 2 aromatic heterocycles. The predicted octanol–water partition coefficient (Wildman–Crippen LogP) is 2.50. The topological polar surface area (TPSA) is 84.8 Å². The number of hydrogen-bond donors (Lipinski definition) is 0. The maximum absolute atomic E-state index is 9.55. The van der Waals surface area contributed by atoms with Crippen molar-refractivity contribution in [2.45, 2.75) is 34.6 Å². The van der Waals surface area contributed by atoms with Crippen molar-refractivity contribution in [3.63, 3.8) is 0 Å². The highest BCUT2D eigenvalue weighted by atomic mass is 16.4. The smallest absolute Gasteiger partial charge is 0.374 e. The Morgan fingerprint density at radius 3 is 2.09 bits per heavy atom. The van der Waals surface area contributed by atoms with Crippen LogP contribution in [0, 0.1) is 45.9 Å². The zero-order valence-electron chi connectivity index (χ0n) is 13.2. The second-order valence-electron chi connectivity index (χ2n) is 4.89. The lowest BCUT2D eigenvalue weighted by molar-refractivity contribution is 0.494. The summed E-state index contributed by atoms with van der Waals surface area (Å²) in [4.78, 5) is 12.8. The van der Waals surface area contributed by atoms with Crippen LogP contribution < -0.4 is 0 Å². The normalized spacial score (nSPS) is 11.8. The van der Waals surface area contributed by atoms with Gasteiger partial charge >= 0.3 is 8.05 Å². The SMILES string of the molecule is [B]OC(=C(C#N)c1nc(C)oc1C)c1c(C)nc(C)nc1C. The summed E-state index contributed by atoms with van der Waals surface area (Å²) in [6, 6.07) is 2.09. The Balaban J connectivity index is 2.78. The van der Waals surface area contributed by atoms with Gasteiger partial charge in [0.25, 0.3) is 0 Å². The number of rotatable bonds is 3. The molecule has 0 unspecified atom stereocenters. The molecule has 0 N–H and O–H groups in total. The quantitative estimate of drug-likeness (QED) is 0.491. The van der Waals surface area contributed by atoms with Gasteiger partial charge in [-0.2, -0.15) is 5.26 Å². The molecule has 2 rings (SSSR count). The zero-order valence-corrected chi connectivity index (χ0v) is 13.2. The van der Waals surface area contributed by atoms with Crippen molar-refractivity contribution in [1.29, 1.82) is 5.26 Å². The summed E-state index contributed by atoms with van der Waals surface area (Å²) in [7, 11) is 5.43. The zero-order chi connectivity index (χ0) is 16.4. The molecule has 0 aliphatic rings. The lowest BCUT2D eigenvalue weighted by Crippen LogP contribution is -2.06. The van der Waals surface area contributed by atoms with Crippen LogP contribution in [-0.4, -0.2) is 23.0 Å². The first-order valence-corrected chi connectivity index (χ1v) is 6.66. The number of nitriles is 1. The van der Waals surface area contributed by atoms with E-state index >= 15 is 0 Å². The molecule has 0 saturated heterocycles. The maximum atomic E-state index is 9.55. The molecule has 0 aliphatic carbocycles. The minimum Gasteiger partial charge on any atom is -0.566 e. The maximum Gasteiger partial charge on any atom is 0.374 e. The minimum atomic E-state index is 0.189. The second-order valence-corrected chi connectivity index (χ2v) is 4.89. The van der Waals surface area contributed by atoms with Crippen molar-refractivity contribution >= 4 is 19.4 Å². The molecule has 2 heterocycles. The van der Waals surface area contributed by atoms with E-state index in [1.807, 2.05) is 13.8 Å². The second kappa shape index (κ2) is 6.02. The molecule has 6 nitrogen and oxygen atoms in total. The highest BCUT2D eigenvalue weighted by molar-refractivity contribution is 6.06. The standard InChI is InChI=1S/C15H15BN4O2/c1-7-13(8(2)19-10(4)18-7)15(22-16)12(6-17)14-9(3)21-11(5)20-14/h1-5H3. The van der Waals surface area contributed by atoms with E-state index in [4.69, 9.17) is 17.1 Å². The Kier molecular flexibility index (Phi) is 4.31. The summed E-state index contributed by atoms with van der Waals surface area (Å²) >= 11 is 0. The Hall–Kier alpha value is -2.62. The van der Waals surface area contributed by atoms with Gasteiger partial charge in [-0.15, -0.1) is 0 Å². The molecule has 0 aliphatic heterocycles. The van der Waals surface area contributed by atoms with Crippen molar-refractivity contribution in [1.82, 2.24) is 15.0 Å².